The molecule has 1 amide bonds. The summed E-state index contributed by atoms with van der Waals surface area (Å²) in [6.07, 6.45) is 1.52. The number of hydrogen-bond donors (Lipinski definition) is 1. The number of pyridine rings is 1. The first-order valence-corrected chi connectivity index (χ1v) is 11.2. The molecule has 0 unspecified atom stereocenters. The Hall–Kier alpha value is -3.15. The predicted octanol–water partition coefficient (Wildman–Crippen LogP) is 4.70. The summed E-state index contributed by atoms with van der Waals surface area (Å²) in [7, 11) is 0. The molecule has 32 heavy (non-hydrogen) atoms. The van der Waals surface area contributed by atoms with Gasteiger partial charge in [-0.05, 0) is 49.7 Å². The Morgan fingerprint density at radius 3 is 2.62 bits per heavy atom. The van der Waals surface area contributed by atoms with Crippen molar-refractivity contribution in [2.75, 3.05) is 12.4 Å². The van der Waals surface area contributed by atoms with E-state index in [1.165, 1.54) is 10.8 Å². The summed E-state index contributed by atoms with van der Waals surface area (Å²) in [5.41, 5.74) is 1.86. The van der Waals surface area contributed by atoms with Crippen LogP contribution in [0.4, 0.5) is 4.79 Å². The maximum absolute atomic E-state index is 13.5. The number of rotatable bonds is 4. The van der Waals surface area contributed by atoms with E-state index in [0.717, 1.165) is 20.0 Å². The second-order valence-corrected chi connectivity index (χ2v) is 9.11. The Kier molecular flexibility index (Phi) is 5.80. The van der Waals surface area contributed by atoms with Crippen LogP contribution >= 0.6 is 27.5 Å². The average molecular weight is 513 g/mol. The molecule has 4 aromatic rings. The lowest BCUT2D eigenvalue weighted by atomic mass is 9.86. The van der Waals surface area contributed by atoms with Gasteiger partial charge >= 0.3 is 11.7 Å². The Morgan fingerprint density at radius 1 is 1.25 bits per heavy atom. The standard InChI is InChI=1S/C23H19BrClN5O2/c1-23(2,13-26)14-3-6-16(7-4-14)29-20-17-11-15(24)5-8-18(17)28-12-19(20)30(22(29)32)21(31)27-10-9-25/h3-8,11-12H,9-10H2,1-2H3,(H,27,31). The van der Waals surface area contributed by atoms with Gasteiger partial charge in [-0.25, -0.2) is 14.2 Å². The van der Waals surface area contributed by atoms with Gasteiger partial charge in [-0.1, -0.05) is 28.1 Å². The van der Waals surface area contributed by atoms with Crippen molar-refractivity contribution in [1.82, 2.24) is 19.4 Å². The number of hydrogen-bond acceptors (Lipinski definition) is 4. The van der Waals surface area contributed by atoms with E-state index in [9.17, 15) is 14.9 Å². The molecule has 0 aliphatic rings. The van der Waals surface area contributed by atoms with Gasteiger partial charge in [0.05, 0.1) is 39.9 Å². The van der Waals surface area contributed by atoms with Crippen molar-refractivity contribution in [3.8, 4) is 11.8 Å². The molecule has 0 saturated carbocycles. The summed E-state index contributed by atoms with van der Waals surface area (Å²) >= 11 is 9.18. The number of carbonyl (C=O) groups excluding carboxylic acids is 1. The first kappa shape index (κ1) is 22.1. The summed E-state index contributed by atoms with van der Waals surface area (Å²) in [5.74, 6) is 0.226. The molecule has 0 aliphatic heterocycles. The van der Waals surface area contributed by atoms with E-state index in [1.54, 1.807) is 12.1 Å². The monoisotopic (exact) mass is 511 g/mol. The Labute approximate surface area is 197 Å². The minimum absolute atomic E-state index is 0.226. The van der Waals surface area contributed by atoms with E-state index in [1.807, 2.05) is 44.2 Å². The minimum atomic E-state index is -0.666. The number of fused-ring (bicyclic) bond motifs is 3. The summed E-state index contributed by atoms with van der Waals surface area (Å²) in [5, 5.41) is 12.8. The van der Waals surface area contributed by atoms with E-state index >= 15 is 0 Å². The van der Waals surface area contributed by atoms with E-state index < -0.39 is 17.1 Å². The van der Waals surface area contributed by atoms with Crippen molar-refractivity contribution in [3.63, 3.8) is 0 Å². The number of benzene rings is 2. The number of nitriles is 1. The van der Waals surface area contributed by atoms with Crippen molar-refractivity contribution in [2.45, 2.75) is 19.3 Å². The van der Waals surface area contributed by atoms with Crippen LogP contribution < -0.4 is 11.0 Å². The van der Waals surface area contributed by atoms with Crippen LogP contribution in [-0.2, 0) is 5.41 Å². The quantitative estimate of drug-likeness (QED) is 0.401. The minimum Gasteiger partial charge on any atom is -0.336 e. The normalized spacial score (nSPS) is 11.6. The van der Waals surface area contributed by atoms with Crippen LogP contribution in [0.3, 0.4) is 0 Å². The summed E-state index contributed by atoms with van der Waals surface area (Å²) < 4.78 is 3.39. The Bertz CT molecular complexity index is 1450. The number of alkyl halides is 1. The molecular weight excluding hydrogens is 494 g/mol. The van der Waals surface area contributed by atoms with Crippen LogP contribution in [0.25, 0.3) is 27.6 Å². The Morgan fingerprint density at radius 2 is 1.97 bits per heavy atom. The fraction of sp³-hybridized carbons (Fsp3) is 0.217. The fourth-order valence-corrected chi connectivity index (χ4v) is 4.05. The predicted molar refractivity (Wildman–Crippen MR) is 129 cm³/mol. The molecule has 0 fully saturated rings. The van der Waals surface area contributed by atoms with Gasteiger partial charge in [-0.2, -0.15) is 5.26 Å². The van der Waals surface area contributed by atoms with Crippen molar-refractivity contribution in [1.29, 1.82) is 5.26 Å². The molecule has 0 spiro atoms. The van der Waals surface area contributed by atoms with Crippen LogP contribution in [0.2, 0.25) is 0 Å². The van der Waals surface area contributed by atoms with Crippen molar-refractivity contribution in [3.05, 3.63) is 69.2 Å². The average Bonchev–Trinajstić information content (AvgIpc) is 3.09. The van der Waals surface area contributed by atoms with Crippen LogP contribution in [0.15, 0.2) is 57.9 Å². The van der Waals surface area contributed by atoms with Gasteiger partial charge in [0.25, 0.3) is 0 Å². The number of aromatic nitrogens is 3. The molecule has 2 aromatic heterocycles. The van der Waals surface area contributed by atoms with Gasteiger partial charge in [0.15, 0.2) is 0 Å². The van der Waals surface area contributed by atoms with Crippen LogP contribution in [0.1, 0.15) is 19.4 Å². The molecule has 2 aromatic carbocycles. The third kappa shape index (κ3) is 3.68. The molecule has 7 nitrogen and oxygen atoms in total. The third-order valence-electron chi connectivity index (χ3n) is 5.33. The highest BCUT2D eigenvalue weighted by Gasteiger charge is 2.23. The lowest BCUT2D eigenvalue weighted by molar-refractivity contribution is 0.243. The van der Waals surface area contributed by atoms with Gasteiger partial charge in [-0.3, -0.25) is 9.55 Å². The number of nitrogens with one attached hydrogen (secondary N) is 1. The summed E-state index contributed by atoms with van der Waals surface area (Å²) in [6.45, 7) is 3.89. The van der Waals surface area contributed by atoms with Gasteiger partial charge in [-0.15, -0.1) is 11.6 Å². The van der Waals surface area contributed by atoms with Gasteiger partial charge in [0, 0.05) is 22.3 Å². The molecular formula is C23H19BrClN5O2. The molecule has 2 heterocycles. The highest BCUT2D eigenvalue weighted by atomic mass is 79.9. The first-order valence-electron chi connectivity index (χ1n) is 9.86. The number of imidazole rings is 1. The van der Waals surface area contributed by atoms with Crippen LogP contribution in [0, 0.1) is 11.3 Å². The van der Waals surface area contributed by atoms with Crippen molar-refractivity contribution >= 4 is 55.5 Å². The number of nitrogens with zero attached hydrogens (tertiary/aromatic N) is 4. The fourth-order valence-electron chi connectivity index (χ4n) is 3.60. The molecule has 0 atom stereocenters. The molecule has 1 N–H and O–H groups in total. The summed E-state index contributed by atoms with van der Waals surface area (Å²) in [6, 6.07) is 14.5. The highest BCUT2D eigenvalue weighted by Crippen LogP contribution is 2.29. The number of carbonyl (C=O) groups is 1. The molecule has 162 valence electrons. The third-order valence-corrected chi connectivity index (χ3v) is 6.01. The van der Waals surface area contributed by atoms with E-state index in [4.69, 9.17) is 11.6 Å². The van der Waals surface area contributed by atoms with Crippen molar-refractivity contribution in [2.24, 2.45) is 0 Å². The molecule has 0 aliphatic carbocycles. The molecule has 4 rings (SSSR count). The summed E-state index contributed by atoms with van der Waals surface area (Å²) in [4.78, 5) is 30.8. The Balaban J connectivity index is 2.04. The molecule has 0 radical (unpaired) electrons. The largest absolute Gasteiger partial charge is 0.342 e. The number of amides is 1. The zero-order valence-corrected chi connectivity index (χ0v) is 19.7. The van der Waals surface area contributed by atoms with Crippen molar-refractivity contribution < 1.29 is 4.79 Å². The zero-order chi connectivity index (χ0) is 23.0. The highest BCUT2D eigenvalue weighted by molar-refractivity contribution is 9.10. The van der Waals surface area contributed by atoms with Gasteiger partial charge in [0.1, 0.15) is 0 Å². The first-order chi connectivity index (χ1) is 15.3. The van der Waals surface area contributed by atoms with E-state index in [0.29, 0.717) is 22.2 Å². The lowest BCUT2D eigenvalue weighted by Crippen LogP contribution is -2.37. The molecule has 9 heteroatoms. The van der Waals surface area contributed by atoms with Gasteiger partial charge in [0.2, 0.25) is 0 Å². The SMILES string of the molecule is CC(C)(C#N)c1ccc(-n2c(=O)n(C(=O)NCCCl)c3cnc4ccc(Br)cc4c32)cc1. The van der Waals surface area contributed by atoms with Crippen LogP contribution in [-0.4, -0.2) is 32.6 Å². The maximum atomic E-state index is 13.5. The molecule has 0 saturated heterocycles. The van der Waals surface area contributed by atoms with Gasteiger partial charge < -0.3 is 5.32 Å². The lowest BCUT2D eigenvalue weighted by Gasteiger charge is -2.16. The second-order valence-electron chi connectivity index (χ2n) is 7.81. The zero-order valence-electron chi connectivity index (χ0n) is 17.4. The second kappa shape index (κ2) is 8.41. The smallest absolute Gasteiger partial charge is 0.336 e. The number of halogens is 2. The van der Waals surface area contributed by atoms with E-state index in [2.05, 4.69) is 32.3 Å². The topological polar surface area (TPSA) is 92.7 Å². The van der Waals surface area contributed by atoms with E-state index in [-0.39, 0.29) is 12.4 Å². The molecule has 0 bridgehead atoms. The van der Waals surface area contributed by atoms with Crippen LogP contribution in [0.5, 0.6) is 0 Å². The maximum Gasteiger partial charge on any atom is 0.342 e.